The monoisotopic (exact) mass is 650 g/mol. The maximum absolute atomic E-state index is 15.4. The average Bonchev–Trinajstić information content (AvgIpc) is 3.32. The Morgan fingerprint density at radius 2 is 1.73 bits per heavy atom. The number of likely N-dealkylation sites (N-methyl/N-ethyl adjacent to an activating group) is 1. The Kier molecular flexibility index (Phi) is 7.87. The number of fused-ring (bicyclic) bond motifs is 3. The summed E-state index contributed by atoms with van der Waals surface area (Å²) in [5, 5.41) is 22.9. The number of hydrogen-bond acceptors (Lipinski definition) is 9. The number of anilines is 3. The van der Waals surface area contributed by atoms with E-state index in [2.05, 4.69) is 37.3 Å². The number of hydrogen-bond donors (Lipinski definition) is 2. The van der Waals surface area contributed by atoms with Gasteiger partial charge in [-0.15, -0.1) is 0 Å². The molecule has 2 aliphatic heterocycles. The molecule has 2 bridgehead atoms. The van der Waals surface area contributed by atoms with Crippen molar-refractivity contribution < 1.29 is 9.50 Å². The summed E-state index contributed by atoms with van der Waals surface area (Å²) in [6.45, 7) is 7.52. The van der Waals surface area contributed by atoms with Gasteiger partial charge in [-0.25, -0.2) is 14.1 Å². The number of piperazine rings is 1. The summed E-state index contributed by atoms with van der Waals surface area (Å²) in [6, 6.07) is 14.7. The first-order chi connectivity index (χ1) is 22.9. The van der Waals surface area contributed by atoms with Crippen LogP contribution in [0.4, 0.5) is 21.6 Å². The van der Waals surface area contributed by atoms with Crippen molar-refractivity contribution in [1.82, 2.24) is 29.4 Å². The fraction of sp³-hybridized carbons (Fsp3) is 0.361. The second-order valence-corrected chi connectivity index (χ2v) is 13.9. The Balaban J connectivity index is 1.23. The molecule has 0 unspecified atom stereocenters. The van der Waals surface area contributed by atoms with E-state index in [-0.39, 0.29) is 27.7 Å². The Bertz CT molecular complexity index is 2140. The number of likely N-dealkylation sites (tertiary alicyclic amines) is 1. The molecule has 12 heteroatoms. The minimum absolute atomic E-state index is 0.0854. The van der Waals surface area contributed by atoms with Gasteiger partial charge in [0.2, 0.25) is 0 Å². The number of aryl methyl sites for hydroxylation is 1. The SMILES string of the molecule is CN1C[C@H]2CC[C@@H](C1)N2c1ccc(Nc2cc(-c3cccc(-n4ncc5cc(C(C)(C)C)cc(F)c5c4=O)c3CO)nn(C)c2=O)nc1. The molecule has 248 valence electrons. The third-order valence-electron chi connectivity index (χ3n) is 9.56. The highest BCUT2D eigenvalue weighted by Gasteiger charge is 2.38. The molecule has 2 aromatic carbocycles. The van der Waals surface area contributed by atoms with Crippen molar-refractivity contribution in [2.75, 3.05) is 30.4 Å². The van der Waals surface area contributed by atoms with Crippen LogP contribution in [-0.2, 0) is 19.1 Å². The molecular weight excluding hydrogens is 611 g/mol. The molecule has 2 saturated heterocycles. The van der Waals surface area contributed by atoms with E-state index < -0.39 is 18.0 Å². The lowest BCUT2D eigenvalue weighted by Crippen LogP contribution is -2.52. The molecule has 7 rings (SSSR count). The van der Waals surface area contributed by atoms with Crippen LogP contribution < -0.4 is 21.3 Å². The molecule has 2 N–H and O–H groups in total. The van der Waals surface area contributed by atoms with Gasteiger partial charge in [0, 0.05) is 48.7 Å². The lowest BCUT2D eigenvalue weighted by Gasteiger charge is -2.41. The first-order valence-electron chi connectivity index (χ1n) is 16.2. The molecule has 11 nitrogen and oxygen atoms in total. The van der Waals surface area contributed by atoms with Gasteiger partial charge in [0.15, 0.2) is 0 Å². The third kappa shape index (κ3) is 5.54. The Hall–Kier alpha value is -4.94. The van der Waals surface area contributed by atoms with E-state index >= 15 is 4.39 Å². The van der Waals surface area contributed by atoms with Crippen LogP contribution in [0.3, 0.4) is 0 Å². The van der Waals surface area contributed by atoms with Gasteiger partial charge in [-0.05, 0) is 67.3 Å². The van der Waals surface area contributed by atoms with Crippen molar-refractivity contribution in [1.29, 1.82) is 0 Å². The number of rotatable bonds is 6. The lowest BCUT2D eigenvalue weighted by molar-refractivity contribution is 0.264. The summed E-state index contributed by atoms with van der Waals surface area (Å²) in [5.74, 6) is -0.123. The molecule has 2 atom stereocenters. The number of nitrogens with zero attached hydrogens (tertiary/aromatic N) is 7. The standard InChI is InChI=1S/C36H39FN8O3/c1-36(2,3)22-13-21-16-39-45(35(48)33(21)28(37)14-22)31-8-6-7-26(27(31)20-46)29-15-30(34(47)43(5)41-29)40-32-12-11-23(17-38-32)44-24-9-10-25(44)19-42(4)18-24/h6-8,11-17,24-25,46H,9-10,18-20H2,1-5H3,(H,38,40)/t24-,25+. The number of benzene rings is 2. The van der Waals surface area contributed by atoms with Crippen LogP contribution in [0.2, 0.25) is 0 Å². The molecule has 0 amide bonds. The van der Waals surface area contributed by atoms with Crippen LogP contribution in [0.15, 0.2) is 70.5 Å². The number of pyridine rings is 1. The number of aliphatic hydroxyl groups excluding tert-OH is 1. The van der Waals surface area contributed by atoms with Gasteiger partial charge in [-0.2, -0.15) is 14.9 Å². The van der Waals surface area contributed by atoms with Gasteiger partial charge in [0.1, 0.15) is 17.3 Å². The summed E-state index contributed by atoms with van der Waals surface area (Å²) >= 11 is 0. The summed E-state index contributed by atoms with van der Waals surface area (Å²) in [7, 11) is 3.71. The molecule has 0 radical (unpaired) electrons. The van der Waals surface area contributed by atoms with Crippen molar-refractivity contribution in [2.24, 2.45) is 7.05 Å². The summed E-state index contributed by atoms with van der Waals surface area (Å²) in [6.07, 6.45) is 5.65. The maximum atomic E-state index is 15.4. The van der Waals surface area contributed by atoms with Crippen molar-refractivity contribution in [3.63, 3.8) is 0 Å². The summed E-state index contributed by atoms with van der Waals surface area (Å²) < 4.78 is 17.7. The third-order valence-corrected chi connectivity index (χ3v) is 9.56. The van der Waals surface area contributed by atoms with Crippen LogP contribution in [-0.4, -0.2) is 66.8 Å². The number of aromatic nitrogens is 5. The van der Waals surface area contributed by atoms with E-state index in [4.69, 9.17) is 0 Å². The normalized spacial score (nSPS) is 18.1. The zero-order chi connectivity index (χ0) is 33.9. The van der Waals surface area contributed by atoms with Crippen LogP contribution in [0.5, 0.6) is 0 Å². The largest absolute Gasteiger partial charge is 0.392 e. The highest BCUT2D eigenvalue weighted by molar-refractivity contribution is 5.83. The molecule has 0 saturated carbocycles. The Morgan fingerprint density at radius 1 is 0.979 bits per heavy atom. The predicted octanol–water partition coefficient (Wildman–Crippen LogP) is 4.50. The molecule has 2 fully saturated rings. The first-order valence-corrected chi connectivity index (χ1v) is 16.2. The van der Waals surface area contributed by atoms with E-state index in [9.17, 15) is 14.7 Å². The van der Waals surface area contributed by atoms with E-state index in [0.717, 1.165) is 29.0 Å². The number of halogens is 1. The van der Waals surface area contributed by atoms with Crippen LogP contribution in [0, 0.1) is 5.82 Å². The topological polar surface area (TPSA) is 121 Å². The predicted molar refractivity (Wildman–Crippen MR) is 185 cm³/mol. The summed E-state index contributed by atoms with van der Waals surface area (Å²) in [4.78, 5) is 36.3. The molecule has 0 spiro atoms. The van der Waals surface area contributed by atoms with E-state index in [1.807, 2.05) is 39.1 Å². The first kappa shape index (κ1) is 31.6. The second-order valence-electron chi connectivity index (χ2n) is 13.9. The molecule has 2 aliphatic rings. The molecular formula is C36H39FN8O3. The maximum Gasteiger partial charge on any atom is 0.290 e. The minimum Gasteiger partial charge on any atom is -0.392 e. The van der Waals surface area contributed by atoms with Crippen LogP contribution in [0.1, 0.15) is 44.7 Å². The van der Waals surface area contributed by atoms with Gasteiger partial charge in [-0.3, -0.25) is 9.59 Å². The van der Waals surface area contributed by atoms with Gasteiger partial charge >= 0.3 is 0 Å². The molecule has 5 aromatic rings. The lowest BCUT2D eigenvalue weighted by atomic mass is 9.86. The zero-order valence-electron chi connectivity index (χ0n) is 27.7. The Morgan fingerprint density at radius 3 is 2.40 bits per heavy atom. The van der Waals surface area contributed by atoms with Crippen molar-refractivity contribution in [2.45, 2.75) is 57.7 Å². The highest BCUT2D eigenvalue weighted by Crippen LogP contribution is 2.35. The van der Waals surface area contributed by atoms with E-state index in [1.165, 1.54) is 29.8 Å². The second kappa shape index (κ2) is 11.9. The molecule has 48 heavy (non-hydrogen) atoms. The Labute approximate surface area is 277 Å². The van der Waals surface area contributed by atoms with Crippen LogP contribution in [0.25, 0.3) is 27.7 Å². The molecule has 0 aliphatic carbocycles. The fourth-order valence-electron chi connectivity index (χ4n) is 7.13. The smallest absolute Gasteiger partial charge is 0.290 e. The van der Waals surface area contributed by atoms with E-state index in [1.54, 1.807) is 37.4 Å². The number of nitrogens with one attached hydrogen (secondary N) is 1. The van der Waals surface area contributed by atoms with Gasteiger partial charge in [0.05, 0.1) is 41.5 Å². The quantitative estimate of drug-likeness (QED) is 0.274. The molecule has 3 aromatic heterocycles. The van der Waals surface area contributed by atoms with Crippen molar-refractivity contribution in [3.05, 3.63) is 98.6 Å². The summed E-state index contributed by atoms with van der Waals surface area (Å²) in [5.41, 5.74) is 2.24. The zero-order valence-corrected chi connectivity index (χ0v) is 27.7. The number of aliphatic hydroxyl groups is 1. The molecule has 5 heterocycles. The van der Waals surface area contributed by atoms with Gasteiger partial charge in [-0.1, -0.05) is 32.9 Å². The average molecular weight is 651 g/mol. The van der Waals surface area contributed by atoms with Crippen molar-refractivity contribution in [3.8, 4) is 16.9 Å². The van der Waals surface area contributed by atoms with E-state index in [0.29, 0.717) is 40.1 Å². The fourth-order valence-corrected chi connectivity index (χ4v) is 7.13. The van der Waals surface area contributed by atoms with Gasteiger partial charge in [0.25, 0.3) is 11.1 Å². The van der Waals surface area contributed by atoms with Gasteiger partial charge < -0.3 is 20.2 Å². The van der Waals surface area contributed by atoms with Crippen LogP contribution >= 0.6 is 0 Å². The minimum atomic E-state index is -0.646. The highest BCUT2D eigenvalue weighted by atomic mass is 19.1. The van der Waals surface area contributed by atoms with Crippen molar-refractivity contribution >= 4 is 28.0 Å².